The molecule has 2 unspecified atom stereocenters. The average molecular weight is 313 g/mol. The van der Waals surface area contributed by atoms with Crippen molar-refractivity contribution in [3.63, 3.8) is 0 Å². The molecule has 0 spiro atoms. The Balaban J connectivity index is 1.68. The molecule has 3 aliphatic heterocycles. The SMILES string of the molecule is O=C1NCc2c(C(F)(F)F)cc(CN3CC4CC3CO4)nc21. The van der Waals surface area contributed by atoms with Crippen molar-refractivity contribution in [1.29, 1.82) is 0 Å². The lowest BCUT2D eigenvalue weighted by molar-refractivity contribution is -0.138. The molecule has 8 heteroatoms. The van der Waals surface area contributed by atoms with Gasteiger partial charge in [0.15, 0.2) is 0 Å². The van der Waals surface area contributed by atoms with Gasteiger partial charge < -0.3 is 10.1 Å². The first-order chi connectivity index (χ1) is 10.4. The van der Waals surface area contributed by atoms with Gasteiger partial charge in [-0.1, -0.05) is 0 Å². The zero-order valence-electron chi connectivity index (χ0n) is 11.6. The van der Waals surface area contributed by atoms with Crippen molar-refractivity contribution in [2.24, 2.45) is 0 Å². The third-order valence-electron chi connectivity index (χ3n) is 4.50. The molecule has 4 heterocycles. The highest BCUT2D eigenvalue weighted by atomic mass is 19.4. The van der Waals surface area contributed by atoms with Crippen LogP contribution < -0.4 is 5.32 Å². The number of amides is 1. The quantitative estimate of drug-likeness (QED) is 0.895. The van der Waals surface area contributed by atoms with Crippen LogP contribution in [0.3, 0.4) is 0 Å². The van der Waals surface area contributed by atoms with E-state index in [4.69, 9.17) is 4.74 Å². The molecule has 2 bridgehead atoms. The van der Waals surface area contributed by atoms with Gasteiger partial charge in [-0.25, -0.2) is 4.98 Å². The van der Waals surface area contributed by atoms with E-state index >= 15 is 0 Å². The predicted octanol–water partition coefficient (Wildman–Crippen LogP) is 1.32. The minimum absolute atomic E-state index is 0.0486. The van der Waals surface area contributed by atoms with Gasteiger partial charge in [0.25, 0.3) is 5.91 Å². The highest BCUT2D eigenvalue weighted by molar-refractivity contribution is 5.96. The first-order valence-electron chi connectivity index (χ1n) is 7.15. The van der Waals surface area contributed by atoms with Crippen molar-refractivity contribution < 1.29 is 22.7 Å². The highest BCUT2D eigenvalue weighted by Gasteiger charge is 2.41. The number of aromatic nitrogens is 1. The second-order valence-electron chi connectivity index (χ2n) is 5.94. The maximum atomic E-state index is 13.2. The lowest BCUT2D eigenvalue weighted by Crippen LogP contribution is -2.36. The Morgan fingerprint density at radius 3 is 2.91 bits per heavy atom. The molecule has 2 saturated heterocycles. The first kappa shape index (κ1) is 14.0. The van der Waals surface area contributed by atoms with Gasteiger partial charge in [0, 0.05) is 31.2 Å². The van der Waals surface area contributed by atoms with E-state index in [0.717, 1.165) is 12.5 Å². The second kappa shape index (κ2) is 4.66. The molecule has 2 atom stereocenters. The summed E-state index contributed by atoms with van der Waals surface area (Å²) in [6.45, 7) is 1.52. The van der Waals surface area contributed by atoms with E-state index in [2.05, 4.69) is 15.2 Å². The van der Waals surface area contributed by atoms with Crippen molar-refractivity contribution in [3.8, 4) is 0 Å². The number of carbonyl (C=O) groups excluding carboxylic acids is 1. The number of hydrogen-bond acceptors (Lipinski definition) is 4. The topological polar surface area (TPSA) is 54.5 Å². The summed E-state index contributed by atoms with van der Waals surface area (Å²) in [6.07, 6.45) is -3.40. The third-order valence-corrected chi connectivity index (χ3v) is 4.50. The van der Waals surface area contributed by atoms with Crippen molar-refractivity contribution in [2.75, 3.05) is 13.2 Å². The molecule has 1 N–H and O–H groups in total. The lowest BCUT2D eigenvalue weighted by atomic mass is 10.1. The van der Waals surface area contributed by atoms with Gasteiger partial charge in [0.2, 0.25) is 0 Å². The van der Waals surface area contributed by atoms with Crippen LogP contribution in [0.5, 0.6) is 0 Å². The summed E-state index contributed by atoms with van der Waals surface area (Å²) in [4.78, 5) is 17.9. The normalized spacial score (nSPS) is 27.3. The van der Waals surface area contributed by atoms with E-state index in [0.29, 0.717) is 19.7 Å². The van der Waals surface area contributed by atoms with Crippen LogP contribution in [0.25, 0.3) is 0 Å². The summed E-state index contributed by atoms with van der Waals surface area (Å²) in [5.41, 5.74) is -0.611. The van der Waals surface area contributed by atoms with Crippen LogP contribution in [-0.2, 0) is 24.0 Å². The van der Waals surface area contributed by atoms with E-state index in [-0.39, 0.29) is 35.6 Å². The Morgan fingerprint density at radius 1 is 1.45 bits per heavy atom. The molecule has 118 valence electrons. The van der Waals surface area contributed by atoms with E-state index in [1.165, 1.54) is 0 Å². The fourth-order valence-corrected chi connectivity index (χ4v) is 3.46. The van der Waals surface area contributed by atoms with Gasteiger partial charge in [-0.3, -0.25) is 9.69 Å². The van der Waals surface area contributed by atoms with Crippen LogP contribution >= 0.6 is 0 Å². The summed E-state index contributed by atoms with van der Waals surface area (Å²) in [5.74, 6) is -0.534. The molecule has 22 heavy (non-hydrogen) atoms. The molecule has 3 aliphatic rings. The monoisotopic (exact) mass is 313 g/mol. The molecule has 4 rings (SSSR count). The van der Waals surface area contributed by atoms with Crippen molar-refractivity contribution in [2.45, 2.75) is 37.8 Å². The number of halogens is 3. The molecular formula is C14H14F3N3O2. The van der Waals surface area contributed by atoms with Gasteiger partial charge in [-0.15, -0.1) is 0 Å². The summed E-state index contributed by atoms with van der Waals surface area (Å²) in [6, 6.07) is 1.31. The Bertz CT molecular complexity index is 647. The zero-order chi connectivity index (χ0) is 15.5. The van der Waals surface area contributed by atoms with Crippen molar-refractivity contribution in [1.82, 2.24) is 15.2 Å². The third kappa shape index (κ3) is 2.17. The maximum absolute atomic E-state index is 13.2. The lowest BCUT2D eigenvalue weighted by Gasteiger charge is -2.26. The zero-order valence-corrected chi connectivity index (χ0v) is 11.6. The summed E-state index contributed by atoms with van der Waals surface area (Å²) in [7, 11) is 0. The second-order valence-corrected chi connectivity index (χ2v) is 5.94. The standard InChI is InChI=1S/C14H14F3N3O2/c15-14(16,17)11-1-7(19-12-10(11)3-18-13(12)21)4-20-5-9-2-8(20)6-22-9/h1,8-9H,2-6H2,(H,18,21). The Morgan fingerprint density at radius 2 is 2.27 bits per heavy atom. The Hall–Kier alpha value is -1.67. The fourth-order valence-electron chi connectivity index (χ4n) is 3.46. The Labute approximate surface area is 124 Å². The summed E-state index contributed by atoms with van der Waals surface area (Å²) >= 11 is 0. The van der Waals surface area contributed by atoms with E-state index in [9.17, 15) is 18.0 Å². The highest BCUT2D eigenvalue weighted by Crippen LogP contribution is 2.36. The van der Waals surface area contributed by atoms with E-state index in [1.54, 1.807) is 0 Å². The molecule has 0 radical (unpaired) electrons. The van der Waals surface area contributed by atoms with E-state index < -0.39 is 17.6 Å². The fraction of sp³-hybridized carbons (Fsp3) is 0.571. The Kier molecular flexibility index (Phi) is 2.96. The molecular weight excluding hydrogens is 299 g/mol. The van der Waals surface area contributed by atoms with Crippen LogP contribution in [0, 0.1) is 0 Å². The molecule has 0 aromatic carbocycles. The molecule has 0 saturated carbocycles. The molecule has 5 nitrogen and oxygen atoms in total. The number of rotatable bonds is 2. The predicted molar refractivity (Wildman–Crippen MR) is 69.0 cm³/mol. The largest absolute Gasteiger partial charge is 0.416 e. The average Bonchev–Trinajstić information content (AvgIpc) is 3.14. The van der Waals surface area contributed by atoms with Gasteiger partial charge in [-0.05, 0) is 12.5 Å². The molecule has 2 fully saturated rings. The van der Waals surface area contributed by atoms with Gasteiger partial charge in [-0.2, -0.15) is 13.2 Å². The minimum Gasteiger partial charge on any atom is -0.375 e. The number of pyridine rings is 1. The van der Waals surface area contributed by atoms with Crippen LogP contribution in [0.4, 0.5) is 13.2 Å². The van der Waals surface area contributed by atoms with Crippen molar-refractivity contribution in [3.05, 3.63) is 28.6 Å². The number of hydrogen-bond donors (Lipinski definition) is 1. The number of alkyl halides is 3. The summed E-state index contributed by atoms with van der Waals surface area (Å²) < 4.78 is 45.1. The number of carbonyl (C=O) groups is 1. The van der Waals surface area contributed by atoms with Gasteiger partial charge in [0.1, 0.15) is 5.69 Å². The number of nitrogens with one attached hydrogen (secondary N) is 1. The van der Waals surface area contributed by atoms with Crippen molar-refractivity contribution >= 4 is 5.91 Å². The number of morpholine rings is 1. The number of fused-ring (bicyclic) bond motifs is 3. The van der Waals surface area contributed by atoms with Gasteiger partial charge >= 0.3 is 6.18 Å². The van der Waals surface area contributed by atoms with Gasteiger partial charge in [0.05, 0.1) is 24.0 Å². The maximum Gasteiger partial charge on any atom is 0.416 e. The number of likely N-dealkylation sites (tertiary alicyclic amines) is 1. The number of ether oxygens (including phenoxy) is 1. The van der Waals surface area contributed by atoms with E-state index in [1.807, 2.05) is 0 Å². The number of nitrogens with zero attached hydrogens (tertiary/aromatic N) is 2. The molecule has 1 amide bonds. The van der Waals surface area contributed by atoms with Crippen LogP contribution in [0.1, 0.15) is 33.7 Å². The van der Waals surface area contributed by atoms with Crippen LogP contribution in [-0.4, -0.2) is 41.1 Å². The van der Waals surface area contributed by atoms with Crippen LogP contribution in [0.15, 0.2) is 6.07 Å². The summed E-state index contributed by atoms with van der Waals surface area (Å²) in [5, 5.41) is 2.41. The molecule has 1 aromatic heterocycles. The molecule has 0 aliphatic carbocycles. The first-order valence-corrected chi connectivity index (χ1v) is 7.15. The minimum atomic E-state index is -4.48. The van der Waals surface area contributed by atoms with Crippen LogP contribution in [0.2, 0.25) is 0 Å². The molecule has 1 aromatic rings. The smallest absolute Gasteiger partial charge is 0.375 e.